The molecule has 3 aromatic carbocycles. The maximum Gasteiger partial charge on any atom is 0.231 e. The third-order valence-electron chi connectivity index (χ3n) is 14.2. The number of aromatic nitrogens is 9. The number of halogens is 6. The zero-order valence-electron chi connectivity index (χ0n) is 42.7. The lowest BCUT2D eigenvalue weighted by molar-refractivity contribution is 0.434. The summed E-state index contributed by atoms with van der Waals surface area (Å²) in [6.07, 6.45) is 20.1. The van der Waals surface area contributed by atoms with Gasteiger partial charge in [-0.05, 0) is 140 Å². The number of fused-ring (bicyclic) bond motifs is 3. The van der Waals surface area contributed by atoms with Gasteiger partial charge in [0.2, 0.25) is 11.9 Å². The van der Waals surface area contributed by atoms with E-state index in [1.807, 2.05) is 54.6 Å². The van der Waals surface area contributed by atoms with Crippen LogP contribution in [-0.2, 0) is 17.3 Å². The molecule has 6 aromatic heterocycles. The Balaban J connectivity index is 0.000000131. The van der Waals surface area contributed by atoms with Crippen LogP contribution in [0.4, 0.5) is 11.9 Å². The van der Waals surface area contributed by atoms with Crippen molar-refractivity contribution in [1.82, 2.24) is 43.8 Å². The first kappa shape index (κ1) is 56.2. The highest BCUT2D eigenvalue weighted by Crippen LogP contribution is 2.39. The summed E-state index contributed by atoms with van der Waals surface area (Å²) in [7, 11) is 0. The normalized spacial score (nSPS) is 15.6. The highest BCUT2D eigenvalue weighted by Gasteiger charge is 2.23. The van der Waals surface area contributed by atoms with Crippen LogP contribution < -0.4 is 9.80 Å². The minimum atomic E-state index is 0.537. The van der Waals surface area contributed by atoms with Gasteiger partial charge in [0, 0.05) is 82.6 Å². The summed E-state index contributed by atoms with van der Waals surface area (Å²) in [5, 5.41) is 30.6. The molecule has 1 saturated carbocycles. The van der Waals surface area contributed by atoms with Crippen LogP contribution in [0, 0.1) is 5.92 Å². The molecule has 0 N–H and O–H groups in total. The summed E-state index contributed by atoms with van der Waals surface area (Å²) in [5.74, 6) is 6.71. The van der Waals surface area contributed by atoms with Crippen molar-refractivity contribution in [3.63, 3.8) is 0 Å². The number of anilines is 2. The monoisotopic (exact) mass is 1200 g/mol. The van der Waals surface area contributed by atoms with Crippen LogP contribution in [0.2, 0.25) is 30.1 Å². The minimum absolute atomic E-state index is 0.537. The van der Waals surface area contributed by atoms with E-state index in [4.69, 9.17) is 69.6 Å². The van der Waals surface area contributed by atoms with Crippen LogP contribution in [-0.4, -0.2) is 70.0 Å². The fourth-order valence-corrected chi connectivity index (χ4v) is 14.8. The van der Waals surface area contributed by atoms with E-state index < -0.39 is 0 Å². The molecule has 8 heterocycles. The van der Waals surface area contributed by atoms with Crippen molar-refractivity contribution in [2.45, 2.75) is 115 Å². The molecule has 11 nitrogen and oxygen atoms in total. The molecule has 12 rings (SSSR count). The lowest BCUT2D eigenvalue weighted by atomic mass is 10.00. The predicted octanol–water partition coefficient (Wildman–Crippen LogP) is 17.6. The molecule has 3 aliphatic rings. The van der Waals surface area contributed by atoms with E-state index in [1.165, 1.54) is 87.3 Å². The fraction of sp³-hybridized carbons (Fsp3) is 0.368. The second-order valence-corrected chi connectivity index (χ2v) is 25.2. The van der Waals surface area contributed by atoms with Crippen molar-refractivity contribution in [2.75, 3.05) is 36.0 Å². The average Bonchev–Trinajstić information content (AvgIpc) is 4.16. The van der Waals surface area contributed by atoms with Crippen molar-refractivity contribution < 1.29 is 0 Å². The third-order valence-corrected chi connectivity index (χ3v) is 20.4. The van der Waals surface area contributed by atoms with Crippen molar-refractivity contribution in [3.05, 3.63) is 162 Å². The van der Waals surface area contributed by atoms with Gasteiger partial charge in [-0.3, -0.25) is 13.2 Å². The number of pyridine rings is 3. The molecule has 2 saturated heterocycles. The Morgan fingerprint density at radius 3 is 1.21 bits per heavy atom. The highest BCUT2D eigenvalue weighted by molar-refractivity contribution is 7.99. The molecule has 1 aliphatic carbocycles. The molecular formula is C57H59Cl6N11S3. The standard InChI is InChI=1S/C20H21Cl2N3S.C19H20Cl2N4S.C18H18Cl2N4S/c21-16-8-5-9-17(22)19(16)26-13-14-10-11-25-18(12-14)23-24-20(25)15-6-3-1-2-4-7-15;1-13-5-8-24(9-6-13)19-23-22-17-11-14(7-10-25(17)19)12-26-18-15(20)3-2-4-16(18)21;19-14-5-4-6-15(20)17(14)25-12-13-7-10-24-16(11-13)21-22-18(24)23-8-2-1-3-9-23/h5,8-12,15H,1-4,6-7,13H2;2-4,7,10-11,13H,5-6,8-9,12H2,1H3;4-7,10-11H,1-3,8-9,12H2. The van der Waals surface area contributed by atoms with Crippen LogP contribution in [0.1, 0.15) is 106 Å². The quantitative estimate of drug-likeness (QED) is 0.0864. The zero-order chi connectivity index (χ0) is 53.3. The maximum atomic E-state index is 6.26. The van der Waals surface area contributed by atoms with Gasteiger partial charge in [-0.2, -0.15) is 0 Å². The van der Waals surface area contributed by atoms with E-state index in [0.717, 1.165) is 98.7 Å². The first-order valence-corrected chi connectivity index (χ1v) is 31.5. The van der Waals surface area contributed by atoms with Gasteiger partial charge in [-0.15, -0.1) is 65.9 Å². The van der Waals surface area contributed by atoms with Gasteiger partial charge in [0.05, 0.1) is 30.1 Å². The largest absolute Gasteiger partial charge is 0.341 e. The van der Waals surface area contributed by atoms with Crippen molar-refractivity contribution >= 4 is 134 Å². The number of hydrogen-bond donors (Lipinski definition) is 0. The summed E-state index contributed by atoms with van der Waals surface area (Å²) in [5.41, 5.74) is 6.22. The van der Waals surface area contributed by atoms with Gasteiger partial charge in [0.1, 0.15) is 5.82 Å². The van der Waals surface area contributed by atoms with Crippen LogP contribution >= 0.6 is 105 Å². The molecule has 402 valence electrons. The number of hydrogen-bond acceptors (Lipinski definition) is 11. The van der Waals surface area contributed by atoms with E-state index in [2.05, 4.69) is 116 Å². The molecule has 77 heavy (non-hydrogen) atoms. The van der Waals surface area contributed by atoms with Gasteiger partial charge in [-0.1, -0.05) is 120 Å². The Morgan fingerprint density at radius 2 is 0.779 bits per heavy atom. The Morgan fingerprint density at radius 1 is 0.416 bits per heavy atom. The molecule has 0 amide bonds. The van der Waals surface area contributed by atoms with E-state index in [1.54, 1.807) is 35.3 Å². The Labute approximate surface area is 493 Å². The molecule has 0 bridgehead atoms. The maximum absolute atomic E-state index is 6.26. The third kappa shape index (κ3) is 14.1. The number of thioether (sulfide) groups is 3. The number of rotatable bonds is 12. The number of piperidine rings is 2. The van der Waals surface area contributed by atoms with Gasteiger partial charge in [0.25, 0.3) is 0 Å². The molecule has 0 spiro atoms. The molecular weight excluding hydrogens is 1150 g/mol. The average molecular weight is 1210 g/mol. The van der Waals surface area contributed by atoms with Gasteiger partial charge in [-0.25, -0.2) is 0 Å². The molecule has 20 heteroatoms. The topological polar surface area (TPSA) is 97.0 Å². The van der Waals surface area contributed by atoms with Crippen LogP contribution in [0.25, 0.3) is 16.9 Å². The minimum Gasteiger partial charge on any atom is -0.341 e. The molecule has 0 atom stereocenters. The van der Waals surface area contributed by atoms with Gasteiger partial charge >= 0.3 is 0 Å². The highest BCUT2D eigenvalue weighted by atomic mass is 35.5. The molecule has 9 aromatic rings. The van der Waals surface area contributed by atoms with Crippen LogP contribution in [0.5, 0.6) is 0 Å². The van der Waals surface area contributed by atoms with E-state index in [0.29, 0.717) is 36.1 Å². The molecule has 2 aliphatic heterocycles. The van der Waals surface area contributed by atoms with Crippen LogP contribution in [0.15, 0.2) is 124 Å². The summed E-state index contributed by atoms with van der Waals surface area (Å²) in [6, 6.07) is 29.4. The van der Waals surface area contributed by atoms with E-state index in [9.17, 15) is 0 Å². The lowest BCUT2D eigenvalue weighted by Gasteiger charge is -2.30. The second kappa shape index (κ2) is 26.9. The van der Waals surface area contributed by atoms with Crippen molar-refractivity contribution in [2.24, 2.45) is 5.92 Å². The first-order valence-electron chi connectivity index (χ1n) is 26.3. The second-order valence-electron chi connectivity index (χ2n) is 19.8. The van der Waals surface area contributed by atoms with Gasteiger partial charge in [0.15, 0.2) is 16.9 Å². The molecule has 0 radical (unpaired) electrons. The zero-order valence-corrected chi connectivity index (χ0v) is 49.7. The summed E-state index contributed by atoms with van der Waals surface area (Å²) in [4.78, 5) is 7.41. The molecule has 0 unspecified atom stereocenters. The Hall–Kier alpha value is -4.09. The predicted molar refractivity (Wildman–Crippen MR) is 324 cm³/mol. The SMILES string of the molecule is CC1CCN(c2nnc3cc(CSc4c(Cl)cccc4Cl)ccn23)CC1.Clc1cccc(Cl)c1SCc1ccn2c(C3CCCCCC3)nnc2c1.Clc1cccc(Cl)c1SCc1ccn2c(N3CCCCC3)nnc2c1. The van der Waals surface area contributed by atoms with Crippen molar-refractivity contribution in [1.29, 1.82) is 0 Å². The van der Waals surface area contributed by atoms with E-state index >= 15 is 0 Å². The van der Waals surface area contributed by atoms with Crippen molar-refractivity contribution in [3.8, 4) is 0 Å². The van der Waals surface area contributed by atoms with Crippen LogP contribution in [0.3, 0.4) is 0 Å². The fourth-order valence-electron chi connectivity index (χ4n) is 9.94. The summed E-state index contributed by atoms with van der Waals surface area (Å²) in [6.45, 7) is 6.52. The number of benzene rings is 3. The Bertz CT molecular complexity index is 3360. The summed E-state index contributed by atoms with van der Waals surface area (Å²) >= 11 is 42.4. The summed E-state index contributed by atoms with van der Waals surface area (Å²) < 4.78 is 6.31. The first-order chi connectivity index (χ1) is 37.6. The smallest absolute Gasteiger partial charge is 0.231 e. The number of nitrogens with zero attached hydrogens (tertiary/aromatic N) is 11. The molecule has 3 fully saturated rings. The Kier molecular flexibility index (Phi) is 19.6. The lowest BCUT2D eigenvalue weighted by Crippen LogP contribution is -2.34. The van der Waals surface area contributed by atoms with E-state index in [-0.39, 0.29) is 0 Å². The van der Waals surface area contributed by atoms with Gasteiger partial charge < -0.3 is 9.80 Å².